The number of aromatic nitrogens is 2. The molecule has 0 radical (unpaired) electrons. The van der Waals surface area contributed by atoms with Gasteiger partial charge in [0.15, 0.2) is 23.0 Å². The lowest BCUT2D eigenvalue weighted by Gasteiger charge is -2.06. The molecule has 3 aromatic rings. The second kappa shape index (κ2) is 6.08. The van der Waals surface area contributed by atoms with Gasteiger partial charge in [-0.05, 0) is 25.1 Å². The number of H-pyrrole nitrogens is 1. The highest BCUT2D eigenvalue weighted by atomic mass is 16.5. The van der Waals surface area contributed by atoms with Crippen LogP contribution >= 0.6 is 0 Å². The van der Waals surface area contributed by atoms with Crippen molar-refractivity contribution in [2.24, 2.45) is 0 Å². The Hall–Kier alpha value is -2.89. The van der Waals surface area contributed by atoms with E-state index in [1.807, 2.05) is 19.1 Å². The van der Waals surface area contributed by atoms with Gasteiger partial charge < -0.3 is 24.3 Å². The first kappa shape index (κ1) is 15.0. The van der Waals surface area contributed by atoms with Gasteiger partial charge in [0.25, 0.3) is 0 Å². The number of hydrogen-bond donors (Lipinski definition) is 2. The van der Waals surface area contributed by atoms with Crippen LogP contribution in [-0.2, 0) is 0 Å². The average Bonchev–Trinajstić information content (AvgIpc) is 2.98. The lowest BCUT2D eigenvalue weighted by molar-refractivity contribution is 0.318. The summed E-state index contributed by atoms with van der Waals surface area (Å²) < 4.78 is 16.0. The number of aromatic amines is 1. The van der Waals surface area contributed by atoms with Crippen LogP contribution in [0, 0.1) is 0 Å². The molecule has 0 fully saturated rings. The summed E-state index contributed by atoms with van der Waals surface area (Å²) in [5.41, 5.74) is 2.42. The van der Waals surface area contributed by atoms with Gasteiger partial charge in [0.2, 0.25) is 0 Å². The second-order valence-corrected chi connectivity index (χ2v) is 4.93. The van der Waals surface area contributed by atoms with E-state index in [9.17, 15) is 5.11 Å². The summed E-state index contributed by atoms with van der Waals surface area (Å²) in [6, 6.07) is 8.79. The van der Waals surface area contributed by atoms with Crippen LogP contribution in [0.4, 0.5) is 0 Å². The first-order chi connectivity index (χ1) is 11.2. The van der Waals surface area contributed by atoms with E-state index in [0.717, 1.165) is 16.6 Å². The Kier molecular flexibility index (Phi) is 3.97. The largest absolute Gasteiger partial charge is 0.504 e. The molecule has 2 N–H and O–H groups in total. The van der Waals surface area contributed by atoms with Gasteiger partial charge in [0, 0.05) is 17.7 Å². The molecule has 0 atom stereocenters. The van der Waals surface area contributed by atoms with Crippen LogP contribution in [0.1, 0.15) is 6.92 Å². The smallest absolute Gasteiger partial charge is 0.163 e. The number of nitrogens with one attached hydrogen (secondary N) is 1. The van der Waals surface area contributed by atoms with E-state index in [2.05, 4.69) is 9.97 Å². The zero-order chi connectivity index (χ0) is 16.4. The standard InChI is InChI=1S/C17H18N2O4/c1-4-23-14-7-10(5-6-13(14)20)17-18-11-8-15(21-2)16(22-3)9-12(11)19-17/h5-9,20H,4H2,1-3H3,(H,18,19). The van der Waals surface area contributed by atoms with Gasteiger partial charge in [-0.25, -0.2) is 4.98 Å². The Labute approximate surface area is 133 Å². The van der Waals surface area contributed by atoms with E-state index in [4.69, 9.17) is 14.2 Å². The minimum Gasteiger partial charge on any atom is -0.504 e. The Bertz CT molecular complexity index is 801. The number of rotatable bonds is 5. The fourth-order valence-electron chi connectivity index (χ4n) is 2.41. The summed E-state index contributed by atoms with van der Waals surface area (Å²) in [7, 11) is 3.18. The quantitative estimate of drug-likeness (QED) is 0.755. The Morgan fingerprint density at radius 1 is 1.04 bits per heavy atom. The van der Waals surface area contributed by atoms with Crippen LogP contribution in [0.2, 0.25) is 0 Å². The number of fused-ring (bicyclic) bond motifs is 1. The maximum atomic E-state index is 9.80. The highest BCUT2D eigenvalue weighted by Crippen LogP contribution is 2.34. The number of hydrogen-bond acceptors (Lipinski definition) is 5. The van der Waals surface area contributed by atoms with E-state index in [1.54, 1.807) is 32.4 Å². The van der Waals surface area contributed by atoms with Crippen LogP contribution in [0.3, 0.4) is 0 Å². The van der Waals surface area contributed by atoms with Gasteiger partial charge >= 0.3 is 0 Å². The van der Waals surface area contributed by atoms with Gasteiger partial charge in [-0.3, -0.25) is 0 Å². The molecule has 1 heterocycles. The summed E-state index contributed by atoms with van der Waals surface area (Å²) in [6.45, 7) is 2.34. The van der Waals surface area contributed by atoms with Crippen LogP contribution in [-0.4, -0.2) is 35.9 Å². The summed E-state index contributed by atoms with van der Waals surface area (Å²) >= 11 is 0. The monoisotopic (exact) mass is 314 g/mol. The number of benzene rings is 2. The van der Waals surface area contributed by atoms with Crippen molar-refractivity contribution >= 4 is 11.0 Å². The molecule has 23 heavy (non-hydrogen) atoms. The van der Waals surface area contributed by atoms with Crippen molar-refractivity contribution in [3.05, 3.63) is 30.3 Å². The third-order valence-electron chi connectivity index (χ3n) is 3.52. The number of imidazole rings is 1. The number of phenolic OH excluding ortho intramolecular Hbond substituents is 1. The van der Waals surface area contributed by atoms with E-state index in [-0.39, 0.29) is 5.75 Å². The third kappa shape index (κ3) is 2.75. The van der Waals surface area contributed by atoms with E-state index in [0.29, 0.717) is 29.7 Å². The average molecular weight is 314 g/mol. The molecule has 0 unspecified atom stereocenters. The molecule has 0 spiro atoms. The lowest BCUT2D eigenvalue weighted by Crippen LogP contribution is -1.92. The third-order valence-corrected chi connectivity index (χ3v) is 3.52. The fourth-order valence-corrected chi connectivity index (χ4v) is 2.41. The first-order valence-electron chi connectivity index (χ1n) is 7.24. The summed E-state index contributed by atoms with van der Waals surface area (Å²) in [4.78, 5) is 7.81. The maximum absolute atomic E-state index is 9.80. The predicted octanol–water partition coefficient (Wildman–Crippen LogP) is 3.35. The van der Waals surface area contributed by atoms with Crippen molar-refractivity contribution in [2.75, 3.05) is 20.8 Å². The van der Waals surface area contributed by atoms with Gasteiger partial charge in [-0.2, -0.15) is 0 Å². The fraction of sp³-hybridized carbons (Fsp3) is 0.235. The zero-order valence-corrected chi connectivity index (χ0v) is 13.2. The van der Waals surface area contributed by atoms with Crippen LogP contribution < -0.4 is 14.2 Å². The van der Waals surface area contributed by atoms with E-state index >= 15 is 0 Å². The van der Waals surface area contributed by atoms with Crippen molar-refractivity contribution < 1.29 is 19.3 Å². The molecule has 1 aromatic heterocycles. The highest BCUT2D eigenvalue weighted by Gasteiger charge is 2.12. The van der Waals surface area contributed by atoms with Gasteiger partial charge in [0.05, 0.1) is 31.9 Å². The molecule has 0 aliphatic carbocycles. The van der Waals surface area contributed by atoms with Gasteiger partial charge in [-0.1, -0.05) is 0 Å². The lowest BCUT2D eigenvalue weighted by atomic mass is 10.2. The topological polar surface area (TPSA) is 76.6 Å². The minimum atomic E-state index is 0.107. The Morgan fingerprint density at radius 2 is 1.78 bits per heavy atom. The van der Waals surface area contributed by atoms with Crippen molar-refractivity contribution in [2.45, 2.75) is 6.92 Å². The molecular formula is C17H18N2O4. The predicted molar refractivity (Wildman–Crippen MR) is 87.5 cm³/mol. The van der Waals surface area contributed by atoms with Gasteiger partial charge in [-0.15, -0.1) is 0 Å². The number of phenols is 1. The molecule has 0 amide bonds. The Morgan fingerprint density at radius 3 is 2.48 bits per heavy atom. The second-order valence-electron chi connectivity index (χ2n) is 4.93. The molecule has 0 saturated heterocycles. The van der Waals surface area contributed by atoms with Crippen LogP contribution in [0.5, 0.6) is 23.0 Å². The molecule has 0 bridgehead atoms. The highest BCUT2D eigenvalue weighted by molar-refractivity contribution is 5.83. The summed E-state index contributed by atoms with van der Waals surface area (Å²) in [5.74, 6) is 2.47. The molecule has 0 aliphatic heterocycles. The normalized spacial score (nSPS) is 10.7. The van der Waals surface area contributed by atoms with Crippen LogP contribution in [0.15, 0.2) is 30.3 Å². The SMILES string of the molecule is CCOc1cc(-c2nc3cc(OC)c(OC)cc3[nH]2)ccc1O. The molecule has 6 heteroatoms. The van der Waals surface area contributed by atoms with Crippen molar-refractivity contribution in [3.8, 4) is 34.4 Å². The number of aromatic hydroxyl groups is 1. The molecule has 2 aromatic carbocycles. The molecule has 6 nitrogen and oxygen atoms in total. The zero-order valence-electron chi connectivity index (χ0n) is 13.2. The number of nitrogens with zero attached hydrogens (tertiary/aromatic N) is 1. The van der Waals surface area contributed by atoms with Crippen LogP contribution in [0.25, 0.3) is 22.4 Å². The van der Waals surface area contributed by atoms with E-state index in [1.165, 1.54) is 0 Å². The van der Waals surface area contributed by atoms with Gasteiger partial charge in [0.1, 0.15) is 5.82 Å². The maximum Gasteiger partial charge on any atom is 0.163 e. The summed E-state index contributed by atoms with van der Waals surface area (Å²) in [5, 5.41) is 9.80. The molecule has 3 rings (SSSR count). The van der Waals surface area contributed by atoms with Crippen molar-refractivity contribution in [1.29, 1.82) is 0 Å². The molecular weight excluding hydrogens is 296 g/mol. The minimum absolute atomic E-state index is 0.107. The summed E-state index contributed by atoms with van der Waals surface area (Å²) in [6.07, 6.45) is 0. The molecule has 0 aliphatic rings. The molecule has 120 valence electrons. The van der Waals surface area contributed by atoms with E-state index < -0.39 is 0 Å². The van der Waals surface area contributed by atoms with Crippen molar-refractivity contribution in [3.63, 3.8) is 0 Å². The first-order valence-corrected chi connectivity index (χ1v) is 7.24. The molecule has 0 saturated carbocycles. The Balaban J connectivity index is 2.08. The number of ether oxygens (including phenoxy) is 3. The van der Waals surface area contributed by atoms with Crippen molar-refractivity contribution in [1.82, 2.24) is 9.97 Å². The number of methoxy groups -OCH3 is 2.